The van der Waals surface area contributed by atoms with E-state index >= 15 is 0 Å². The highest BCUT2D eigenvalue weighted by Gasteiger charge is 2.19. The Morgan fingerprint density at radius 3 is 2.33 bits per heavy atom. The fourth-order valence-electron chi connectivity index (χ4n) is 1.30. The van der Waals surface area contributed by atoms with Crippen molar-refractivity contribution in [1.82, 2.24) is 0 Å². The van der Waals surface area contributed by atoms with Crippen LogP contribution in [0.5, 0.6) is 0 Å². The molecule has 1 rings (SSSR count). The molecule has 0 heterocycles. The summed E-state index contributed by atoms with van der Waals surface area (Å²) < 4.78 is 0. The highest BCUT2D eigenvalue weighted by molar-refractivity contribution is 5.57. The molecule has 1 aromatic rings. The Bertz CT molecular complexity index is 337. The van der Waals surface area contributed by atoms with E-state index in [1.807, 2.05) is 18.2 Å². The molecule has 1 atom stereocenters. The summed E-state index contributed by atoms with van der Waals surface area (Å²) in [5, 5.41) is 3.52. The molecule has 1 unspecified atom stereocenters. The average molecular weight is 206 g/mol. The van der Waals surface area contributed by atoms with E-state index in [1.54, 1.807) is 0 Å². The SMILES string of the molecule is Cc1cc(N)ccc1NC(C)C(C)(C)C. The quantitative estimate of drug-likeness (QED) is 0.728. The first-order valence-electron chi connectivity index (χ1n) is 5.43. The van der Waals surface area contributed by atoms with Gasteiger partial charge in [-0.3, -0.25) is 0 Å². The normalized spacial score (nSPS) is 13.7. The van der Waals surface area contributed by atoms with Crippen molar-refractivity contribution in [2.24, 2.45) is 5.41 Å². The summed E-state index contributed by atoms with van der Waals surface area (Å²) in [7, 11) is 0. The van der Waals surface area contributed by atoms with Gasteiger partial charge in [0.1, 0.15) is 0 Å². The van der Waals surface area contributed by atoms with Crippen molar-refractivity contribution in [3.8, 4) is 0 Å². The Kier molecular flexibility index (Phi) is 3.28. The standard InChI is InChI=1S/C13H22N2/c1-9-8-11(14)6-7-12(9)15-10(2)13(3,4)5/h6-8,10,15H,14H2,1-5H3. The maximum absolute atomic E-state index is 5.72. The number of hydrogen-bond donors (Lipinski definition) is 2. The highest BCUT2D eigenvalue weighted by Crippen LogP contribution is 2.25. The van der Waals surface area contributed by atoms with Gasteiger partial charge in [0.15, 0.2) is 0 Å². The first-order chi connectivity index (χ1) is 6.80. The zero-order valence-electron chi connectivity index (χ0n) is 10.4. The van der Waals surface area contributed by atoms with Gasteiger partial charge < -0.3 is 11.1 Å². The van der Waals surface area contributed by atoms with Crippen LogP contribution < -0.4 is 11.1 Å². The summed E-state index contributed by atoms with van der Waals surface area (Å²) in [5.41, 5.74) is 9.17. The maximum atomic E-state index is 5.72. The zero-order valence-corrected chi connectivity index (χ0v) is 10.4. The van der Waals surface area contributed by atoms with E-state index < -0.39 is 0 Å². The van der Waals surface area contributed by atoms with Gasteiger partial charge in [0, 0.05) is 17.4 Å². The Labute approximate surface area is 92.9 Å². The van der Waals surface area contributed by atoms with Crippen LogP contribution in [0.4, 0.5) is 11.4 Å². The smallest absolute Gasteiger partial charge is 0.0373 e. The molecule has 0 saturated heterocycles. The van der Waals surface area contributed by atoms with E-state index in [0.29, 0.717) is 6.04 Å². The molecule has 0 amide bonds. The van der Waals surface area contributed by atoms with Crippen molar-refractivity contribution in [3.05, 3.63) is 23.8 Å². The number of hydrogen-bond acceptors (Lipinski definition) is 2. The molecule has 0 aromatic heterocycles. The lowest BCUT2D eigenvalue weighted by atomic mass is 9.88. The molecular weight excluding hydrogens is 184 g/mol. The molecule has 2 heteroatoms. The van der Waals surface area contributed by atoms with Gasteiger partial charge in [-0.05, 0) is 43.0 Å². The molecule has 0 bridgehead atoms. The van der Waals surface area contributed by atoms with Crippen LogP contribution in [0.2, 0.25) is 0 Å². The van der Waals surface area contributed by atoms with Crippen LogP contribution in [0.3, 0.4) is 0 Å². The van der Waals surface area contributed by atoms with Gasteiger partial charge >= 0.3 is 0 Å². The lowest BCUT2D eigenvalue weighted by Gasteiger charge is -2.29. The average Bonchev–Trinajstić information content (AvgIpc) is 2.08. The van der Waals surface area contributed by atoms with Gasteiger partial charge in [-0.25, -0.2) is 0 Å². The third kappa shape index (κ3) is 3.15. The molecule has 3 N–H and O–H groups in total. The summed E-state index contributed by atoms with van der Waals surface area (Å²) in [4.78, 5) is 0. The largest absolute Gasteiger partial charge is 0.399 e. The van der Waals surface area contributed by atoms with Gasteiger partial charge in [0.25, 0.3) is 0 Å². The van der Waals surface area contributed by atoms with Crippen LogP contribution in [-0.2, 0) is 0 Å². The van der Waals surface area contributed by atoms with Crippen LogP contribution in [0.25, 0.3) is 0 Å². The van der Waals surface area contributed by atoms with Gasteiger partial charge in [-0.2, -0.15) is 0 Å². The minimum absolute atomic E-state index is 0.258. The number of rotatable bonds is 2. The fourth-order valence-corrected chi connectivity index (χ4v) is 1.30. The van der Waals surface area contributed by atoms with E-state index in [9.17, 15) is 0 Å². The summed E-state index contributed by atoms with van der Waals surface area (Å²) in [6.45, 7) is 11.0. The molecule has 84 valence electrons. The Balaban J connectivity index is 2.82. The van der Waals surface area contributed by atoms with Gasteiger partial charge in [0.2, 0.25) is 0 Å². The van der Waals surface area contributed by atoms with Crippen molar-refractivity contribution in [2.45, 2.75) is 40.7 Å². The van der Waals surface area contributed by atoms with Crippen molar-refractivity contribution < 1.29 is 0 Å². The Hall–Kier alpha value is -1.18. The van der Waals surface area contributed by atoms with Crippen LogP contribution in [0, 0.1) is 12.3 Å². The molecule has 0 spiro atoms. The topological polar surface area (TPSA) is 38.0 Å². The van der Waals surface area contributed by atoms with Crippen molar-refractivity contribution in [3.63, 3.8) is 0 Å². The van der Waals surface area contributed by atoms with Crippen molar-refractivity contribution in [2.75, 3.05) is 11.1 Å². The predicted octanol–water partition coefficient (Wildman–Crippen LogP) is 3.42. The Morgan fingerprint density at radius 1 is 1.27 bits per heavy atom. The molecule has 15 heavy (non-hydrogen) atoms. The minimum atomic E-state index is 0.258. The molecule has 0 aliphatic carbocycles. The summed E-state index contributed by atoms with van der Waals surface area (Å²) >= 11 is 0. The first-order valence-corrected chi connectivity index (χ1v) is 5.43. The predicted molar refractivity (Wildman–Crippen MR) is 68.1 cm³/mol. The van der Waals surface area contributed by atoms with Gasteiger partial charge in [-0.1, -0.05) is 20.8 Å². The third-order valence-corrected chi connectivity index (χ3v) is 2.92. The van der Waals surface area contributed by atoms with E-state index in [1.165, 1.54) is 11.3 Å². The number of nitrogens with two attached hydrogens (primary N) is 1. The van der Waals surface area contributed by atoms with E-state index in [-0.39, 0.29) is 5.41 Å². The second kappa shape index (κ2) is 4.13. The number of benzene rings is 1. The summed E-state index contributed by atoms with van der Waals surface area (Å²) in [6.07, 6.45) is 0. The fraction of sp³-hybridized carbons (Fsp3) is 0.538. The van der Waals surface area contributed by atoms with Crippen LogP contribution in [0.15, 0.2) is 18.2 Å². The summed E-state index contributed by atoms with van der Waals surface area (Å²) in [5.74, 6) is 0. The molecule has 0 aliphatic heterocycles. The second-order valence-electron chi connectivity index (χ2n) is 5.31. The molecule has 2 nitrogen and oxygen atoms in total. The van der Waals surface area contributed by atoms with Gasteiger partial charge in [-0.15, -0.1) is 0 Å². The molecule has 0 aliphatic rings. The molecule has 0 radical (unpaired) electrons. The summed E-state index contributed by atoms with van der Waals surface area (Å²) in [6, 6.07) is 6.41. The van der Waals surface area contributed by atoms with E-state index in [0.717, 1.165) is 5.69 Å². The molecule has 0 fully saturated rings. The van der Waals surface area contributed by atoms with Crippen LogP contribution >= 0.6 is 0 Å². The van der Waals surface area contributed by atoms with Crippen molar-refractivity contribution >= 4 is 11.4 Å². The van der Waals surface area contributed by atoms with E-state index in [2.05, 4.69) is 39.9 Å². The maximum Gasteiger partial charge on any atom is 0.0373 e. The number of nitrogen functional groups attached to an aromatic ring is 1. The van der Waals surface area contributed by atoms with Gasteiger partial charge in [0.05, 0.1) is 0 Å². The van der Waals surface area contributed by atoms with E-state index in [4.69, 9.17) is 5.73 Å². The number of anilines is 2. The zero-order chi connectivity index (χ0) is 11.6. The molecule has 1 aromatic carbocycles. The lowest BCUT2D eigenvalue weighted by molar-refractivity contribution is 0.359. The van der Waals surface area contributed by atoms with Crippen molar-refractivity contribution in [1.29, 1.82) is 0 Å². The number of nitrogens with one attached hydrogen (secondary N) is 1. The monoisotopic (exact) mass is 206 g/mol. The Morgan fingerprint density at radius 2 is 1.87 bits per heavy atom. The van der Waals surface area contributed by atoms with Crippen LogP contribution in [-0.4, -0.2) is 6.04 Å². The first kappa shape index (κ1) is 11.9. The number of aryl methyl sites for hydroxylation is 1. The lowest BCUT2D eigenvalue weighted by Crippen LogP contribution is -2.31. The third-order valence-electron chi connectivity index (χ3n) is 2.92. The second-order valence-corrected chi connectivity index (χ2v) is 5.31. The van der Waals surface area contributed by atoms with Crippen LogP contribution in [0.1, 0.15) is 33.3 Å². The minimum Gasteiger partial charge on any atom is -0.399 e. The molecular formula is C13H22N2. The highest BCUT2D eigenvalue weighted by atomic mass is 14.9. The molecule has 0 saturated carbocycles.